The van der Waals surface area contributed by atoms with Crippen molar-refractivity contribution in [2.24, 2.45) is 0 Å². The van der Waals surface area contributed by atoms with E-state index in [4.69, 9.17) is 16.7 Å². The van der Waals surface area contributed by atoms with Crippen molar-refractivity contribution in [3.8, 4) is 0 Å². The zero-order valence-corrected chi connectivity index (χ0v) is 10.7. The highest BCUT2D eigenvalue weighted by molar-refractivity contribution is 6.31. The summed E-state index contributed by atoms with van der Waals surface area (Å²) in [5.74, 6) is -0.735. The van der Waals surface area contributed by atoms with Gasteiger partial charge in [-0.2, -0.15) is 0 Å². The number of halogens is 2. The molecule has 2 rings (SSSR count). The average molecular weight is 272 g/mol. The van der Waals surface area contributed by atoms with Crippen molar-refractivity contribution in [1.82, 2.24) is 4.90 Å². The molecule has 1 aromatic carbocycles. The van der Waals surface area contributed by atoms with Crippen LogP contribution in [-0.2, 0) is 0 Å². The fourth-order valence-corrected chi connectivity index (χ4v) is 2.23. The van der Waals surface area contributed by atoms with Crippen LogP contribution in [0.15, 0.2) is 18.2 Å². The van der Waals surface area contributed by atoms with E-state index in [-0.39, 0.29) is 23.6 Å². The van der Waals surface area contributed by atoms with Crippen LogP contribution in [0.2, 0.25) is 5.02 Å². The Labute approximate surface area is 110 Å². The zero-order valence-electron chi connectivity index (χ0n) is 9.90. The molecule has 0 aliphatic heterocycles. The third-order valence-electron chi connectivity index (χ3n) is 3.28. The maximum atomic E-state index is 13.1. The largest absolute Gasteiger partial charge is 0.395 e. The summed E-state index contributed by atoms with van der Waals surface area (Å²) in [6.45, 7) is 0.232. The van der Waals surface area contributed by atoms with Gasteiger partial charge in [0.05, 0.1) is 11.6 Å². The maximum absolute atomic E-state index is 13.1. The standard InChI is InChI=1S/C13H15ClFNO2/c14-11-8-9(4-5-12(11)15)13(18)16(6-7-17)10-2-1-3-10/h4-5,8,10,17H,1-3,6-7H2. The van der Waals surface area contributed by atoms with Crippen LogP contribution in [0.1, 0.15) is 29.6 Å². The molecule has 1 aromatic rings. The summed E-state index contributed by atoms with van der Waals surface area (Å²) in [6.07, 6.45) is 3.02. The fraction of sp³-hybridized carbons (Fsp3) is 0.462. The molecule has 1 N–H and O–H groups in total. The number of aliphatic hydroxyl groups excluding tert-OH is 1. The Kier molecular flexibility index (Phi) is 4.19. The van der Waals surface area contributed by atoms with Crippen molar-refractivity contribution >= 4 is 17.5 Å². The summed E-state index contributed by atoms with van der Waals surface area (Å²) in [5.41, 5.74) is 0.363. The topological polar surface area (TPSA) is 40.5 Å². The quantitative estimate of drug-likeness (QED) is 0.914. The van der Waals surface area contributed by atoms with Crippen molar-refractivity contribution in [1.29, 1.82) is 0 Å². The lowest BCUT2D eigenvalue weighted by Crippen LogP contribution is -2.45. The molecule has 1 aliphatic rings. The molecule has 98 valence electrons. The van der Waals surface area contributed by atoms with Gasteiger partial charge in [-0.25, -0.2) is 4.39 Å². The Morgan fingerprint density at radius 3 is 2.72 bits per heavy atom. The van der Waals surface area contributed by atoms with Gasteiger partial charge in [0.25, 0.3) is 5.91 Å². The highest BCUT2D eigenvalue weighted by Crippen LogP contribution is 2.26. The van der Waals surface area contributed by atoms with Crippen molar-refractivity contribution in [2.75, 3.05) is 13.2 Å². The van der Waals surface area contributed by atoms with E-state index >= 15 is 0 Å². The van der Waals surface area contributed by atoms with Gasteiger partial charge in [0.1, 0.15) is 5.82 Å². The van der Waals surface area contributed by atoms with Crippen LogP contribution in [0.3, 0.4) is 0 Å². The van der Waals surface area contributed by atoms with Crippen molar-refractivity contribution in [2.45, 2.75) is 25.3 Å². The fourth-order valence-electron chi connectivity index (χ4n) is 2.05. The van der Waals surface area contributed by atoms with Crippen molar-refractivity contribution in [3.05, 3.63) is 34.6 Å². The lowest BCUT2D eigenvalue weighted by Gasteiger charge is -2.37. The van der Waals surface area contributed by atoms with E-state index in [1.165, 1.54) is 18.2 Å². The molecule has 0 aromatic heterocycles. The van der Waals surface area contributed by atoms with Gasteiger partial charge >= 0.3 is 0 Å². The van der Waals surface area contributed by atoms with Crippen LogP contribution in [0, 0.1) is 5.82 Å². The first-order chi connectivity index (χ1) is 8.63. The van der Waals surface area contributed by atoms with Gasteiger partial charge < -0.3 is 10.0 Å². The predicted molar refractivity (Wildman–Crippen MR) is 67.2 cm³/mol. The Balaban J connectivity index is 2.18. The first-order valence-electron chi connectivity index (χ1n) is 6.00. The minimum Gasteiger partial charge on any atom is -0.395 e. The SMILES string of the molecule is O=C(c1ccc(F)c(Cl)c1)N(CCO)C1CCC1. The van der Waals surface area contributed by atoms with Crippen LogP contribution in [0.5, 0.6) is 0 Å². The number of nitrogens with zero attached hydrogens (tertiary/aromatic N) is 1. The van der Waals surface area contributed by atoms with E-state index in [2.05, 4.69) is 0 Å². The molecule has 0 spiro atoms. The third-order valence-corrected chi connectivity index (χ3v) is 3.57. The maximum Gasteiger partial charge on any atom is 0.254 e. The number of hydrogen-bond acceptors (Lipinski definition) is 2. The van der Waals surface area contributed by atoms with Crippen molar-refractivity contribution < 1.29 is 14.3 Å². The van der Waals surface area contributed by atoms with E-state index in [1.807, 2.05) is 0 Å². The number of carbonyl (C=O) groups excluding carboxylic acids is 1. The molecular formula is C13H15ClFNO2. The molecule has 0 atom stereocenters. The van der Waals surface area contributed by atoms with Crippen LogP contribution < -0.4 is 0 Å². The smallest absolute Gasteiger partial charge is 0.254 e. The average Bonchev–Trinajstić information content (AvgIpc) is 2.29. The summed E-state index contributed by atoms with van der Waals surface area (Å²) in [5, 5.41) is 8.96. The minimum atomic E-state index is -0.537. The van der Waals surface area contributed by atoms with Gasteiger partial charge in [0, 0.05) is 18.2 Å². The minimum absolute atomic E-state index is 0.0570. The first-order valence-corrected chi connectivity index (χ1v) is 6.38. The molecule has 0 heterocycles. The Morgan fingerprint density at radius 1 is 1.50 bits per heavy atom. The number of aliphatic hydroxyl groups is 1. The molecule has 0 bridgehead atoms. The van der Waals surface area contributed by atoms with Gasteiger partial charge in [0.2, 0.25) is 0 Å². The molecule has 5 heteroatoms. The lowest BCUT2D eigenvalue weighted by molar-refractivity contribution is 0.0526. The normalized spacial score (nSPS) is 15.3. The van der Waals surface area contributed by atoms with Crippen LogP contribution in [0.4, 0.5) is 4.39 Å². The monoisotopic (exact) mass is 271 g/mol. The number of carbonyl (C=O) groups is 1. The highest BCUT2D eigenvalue weighted by Gasteiger charge is 2.29. The second-order valence-electron chi connectivity index (χ2n) is 4.44. The Hall–Kier alpha value is -1.13. The van der Waals surface area contributed by atoms with Crippen molar-refractivity contribution in [3.63, 3.8) is 0 Å². The van der Waals surface area contributed by atoms with Gasteiger partial charge in [-0.3, -0.25) is 4.79 Å². The van der Waals surface area contributed by atoms with E-state index in [1.54, 1.807) is 4.90 Å². The summed E-state index contributed by atoms with van der Waals surface area (Å²) in [7, 11) is 0. The highest BCUT2D eigenvalue weighted by atomic mass is 35.5. The molecule has 0 saturated heterocycles. The van der Waals surface area contributed by atoms with Crippen LogP contribution >= 0.6 is 11.6 Å². The zero-order chi connectivity index (χ0) is 13.1. The molecule has 3 nitrogen and oxygen atoms in total. The summed E-state index contributed by atoms with van der Waals surface area (Å²) >= 11 is 5.67. The molecule has 0 radical (unpaired) electrons. The van der Waals surface area contributed by atoms with Gasteiger partial charge in [-0.1, -0.05) is 11.6 Å². The van der Waals surface area contributed by atoms with Gasteiger partial charge in [0.15, 0.2) is 0 Å². The molecule has 18 heavy (non-hydrogen) atoms. The lowest BCUT2D eigenvalue weighted by atomic mass is 9.91. The number of amides is 1. The van der Waals surface area contributed by atoms with Crippen LogP contribution in [0.25, 0.3) is 0 Å². The Bertz CT molecular complexity index is 449. The number of rotatable bonds is 4. The predicted octanol–water partition coefficient (Wildman–Crippen LogP) is 2.47. The summed E-state index contributed by atoms with van der Waals surface area (Å²) in [6, 6.07) is 4.14. The molecule has 1 saturated carbocycles. The Morgan fingerprint density at radius 2 is 2.22 bits per heavy atom. The van der Waals surface area contributed by atoms with E-state index in [0.717, 1.165) is 19.3 Å². The molecule has 0 unspecified atom stereocenters. The number of hydrogen-bond donors (Lipinski definition) is 1. The van der Waals surface area contributed by atoms with Crippen LogP contribution in [-0.4, -0.2) is 35.1 Å². The summed E-state index contributed by atoms with van der Waals surface area (Å²) < 4.78 is 13.1. The van der Waals surface area contributed by atoms with E-state index < -0.39 is 5.82 Å². The first kappa shape index (κ1) is 13.3. The second-order valence-corrected chi connectivity index (χ2v) is 4.84. The second kappa shape index (κ2) is 5.67. The molecule has 1 aliphatic carbocycles. The van der Waals surface area contributed by atoms with E-state index in [0.29, 0.717) is 12.1 Å². The van der Waals surface area contributed by atoms with Gasteiger partial charge in [-0.15, -0.1) is 0 Å². The molecule has 1 amide bonds. The van der Waals surface area contributed by atoms with E-state index in [9.17, 15) is 9.18 Å². The summed E-state index contributed by atoms with van der Waals surface area (Å²) in [4.78, 5) is 13.9. The molecular weight excluding hydrogens is 257 g/mol. The molecule has 1 fully saturated rings. The van der Waals surface area contributed by atoms with Gasteiger partial charge in [-0.05, 0) is 37.5 Å². The number of benzene rings is 1. The third kappa shape index (κ3) is 2.65.